The maximum absolute atomic E-state index is 14.5. The Bertz CT molecular complexity index is 1320. The molecule has 0 unspecified atom stereocenters. The molecule has 1 aromatic carbocycles. The van der Waals surface area contributed by atoms with E-state index < -0.39 is 15.7 Å². The quantitative estimate of drug-likeness (QED) is 0.557. The standard InChI is InChI=1S/C24H29FN4O4S/c1-24(2,3)12-20(30)29-9-7-15(8-10-29)17-13-33-22-21(17)26-14-27-23(22)28-19-6-5-16(11-18(19)25)34(4,31)32/h5-6,11,13-15H,7-10,12H2,1-4H3,(H,26,27,28). The molecule has 34 heavy (non-hydrogen) atoms. The number of likely N-dealkylation sites (tertiary alicyclic amines) is 1. The number of carbonyl (C=O) groups excluding carboxylic acids is 1. The molecule has 0 radical (unpaired) electrons. The van der Waals surface area contributed by atoms with E-state index in [0.29, 0.717) is 36.4 Å². The highest BCUT2D eigenvalue weighted by atomic mass is 32.2. The van der Waals surface area contributed by atoms with Gasteiger partial charge in [0.05, 0.1) is 16.8 Å². The smallest absolute Gasteiger partial charge is 0.223 e. The van der Waals surface area contributed by atoms with Gasteiger partial charge in [0, 0.05) is 31.3 Å². The maximum Gasteiger partial charge on any atom is 0.223 e. The van der Waals surface area contributed by atoms with Gasteiger partial charge in [-0.25, -0.2) is 22.8 Å². The van der Waals surface area contributed by atoms with Crippen LogP contribution in [0.3, 0.4) is 0 Å². The minimum Gasteiger partial charge on any atom is -0.458 e. The summed E-state index contributed by atoms with van der Waals surface area (Å²) in [6.07, 6.45) is 6.20. The zero-order valence-electron chi connectivity index (χ0n) is 19.8. The molecule has 3 aromatic rings. The van der Waals surface area contributed by atoms with Crippen molar-refractivity contribution >= 4 is 38.3 Å². The monoisotopic (exact) mass is 488 g/mol. The fraction of sp³-hybridized carbons (Fsp3) is 0.458. The molecule has 1 saturated heterocycles. The third-order valence-electron chi connectivity index (χ3n) is 5.97. The number of rotatable bonds is 5. The van der Waals surface area contributed by atoms with Crippen LogP contribution in [0.25, 0.3) is 11.1 Å². The number of sulfone groups is 1. The Labute approximate surface area is 198 Å². The number of halogens is 1. The van der Waals surface area contributed by atoms with Crippen LogP contribution in [0.15, 0.2) is 40.1 Å². The first-order valence-electron chi connectivity index (χ1n) is 11.2. The van der Waals surface area contributed by atoms with E-state index in [4.69, 9.17) is 4.42 Å². The van der Waals surface area contributed by atoms with Gasteiger partial charge in [0.25, 0.3) is 0 Å². The molecule has 1 amide bonds. The summed E-state index contributed by atoms with van der Waals surface area (Å²) in [6.45, 7) is 7.55. The highest BCUT2D eigenvalue weighted by Gasteiger charge is 2.29. The fourth-order valence-corrected chi connectivity index (χ4v) is 4.84. The average Bonchev–Trinajstić information content (AvgIpc) is 3.18. The molecule has 8 nitrogen and oxygen atoms in total. The van der Waals surface area contributed by atoms with E-state index in [9.17, 15) is 17.6 Å². The van der Waals surface area contributed by atoms with E-state index in [-0.39, 0.29) is 27.8 Å². The number of aromatic nitrogens is 2. The summed E-state index contributed by atoms with van der Waals surface area (Å²) in [5, 5.41) is 2.89. The number of furan rings is 1. The van der Waals surface area contributed by atoms with Gasteiger partial charge in [0.2, 0.25) is 5.91 Å². The SMILES string of the molecule is CC(C)(C)CC(=O)N1CCC(c2coc3c(Nc4ccc(S(C)(=O)=O)cc4F)ncnc23)CC1. The lowest BCUT2D eigenvalue weighted by Gasteiger charge is -2.33. The fourth-order valence-electron chi connectivity index (χ4n) is 4.21. The van der Waals surface area contributed by atoms with Crippen molar-refractivity contribution in [1.29, 1.82) is 0 Å². The van der Waals surface area contributed by atoms with E-state index in [1.165, 1.54) is 18.5 Å². The van der Waals surface area contributed by atoms with E-state index >= 15 is 0 Å². The van der Waals surface area contributed by atoms with Crippen molar-refractivity contribution < 1.29 is 22.0 Å². The number of hydrogen-bond donors (Lipinski definition) is 1. The van der Waals surface area contributed by atoms with Gasteiger partial charge in [0.1, 0.15) is 17.7 Å². The summed E-state index contributed by atoms with van der Waals surface area (Å²) in [6, 6.07) is 3.66. The molecule has 1 fully saturated rings. The van der Waals surface area contributed by atoms with Crippen molar-refractivity contribution in [2.75, 3.05) is 24.7 Å². The van der Waals surface area contributed by atoms with Gasteiger partial charge in [-0.05, 0) is 42.4 Å². The molecular formula is C24H29FN4O4S. The largest absolute Gasteiger partial charge is 0.458 e. The molecular weight excluding hydrogens is 459 g/mol. The molecule has 4 rings (SSSR count). The van der Waals surface area contributed by atoms with Crippen molar-refractivity contribution in [3.05, 3.63) is 42.2 Å². The van der Waals surface area contributed by atoms with Crippen LogP contribution >= 0.6 is 0 Å². The van der Waals surface area contributed by atoms with Gasteiger partial charge in [-0.1, -0.05) is 20.8 Å². The summed E-state index contributed by atoms with van der Waals surface area (Å²) >= 11 is 0. The maximum atomic E-state index is 14.5. The number of benzene rings is 1. The normalized spacial score (nSPS) is 15.6. The number of carbonyl (C=O) groups is 1. The van der Waals surface area contributed by atoms with Crippen LogP contribution in [0.2, 0.25) is 0 Å². The molecule has 2 aromatic heterocycles. The molecule has 0 aliphatic carbocycles. The second kappa shape index (κ2) is 8.98. The zero-order valence-corrected chi connectivity index (χ0v) is 20.6. The van der Waals surface area contributed by atoms with Crippen LogP contribution in [0.1, 0.15) is 51.5 Å². The molecule has 3 heterocycles. The van der Waals surface area contributed by atoms with Gasteiger partial charge >= 0.3 is 0 Å². The number of piperidine rings is 1. The van der Waals surface area contributed by atoms with Crippen molar-refractivity contribution in [2.45, 2.75) is 50.8 Å². The summed E-state index contributed by atoms with van der Waals surface area (Å²) in [5.74, 6) is -0.0528. The average molecular weight is 489 g/mol. The summed E-state index contributed by atoms with van der Waals surface area (Å²) in [5.41, 5.74) is 2.02. The summed E-state index contributed by atoms with van der Waals surface area (Å²) in [4.78, 5) is 23.0. The third-order valence-corrected chi connectivity index (χ3v) is 7.08. The van der Waals surface area contributed by atoms with Crippen molar-refractivity contribution in [3.8, 4) is 0 Å². The summed E-state index contributed by atoms with van der Waals surface area (Å²) in [7, 11) is -3.51. The number of anilines is 2. The lowest BCUT2D eigenvalue weighted by atomic mass is 9.88. The van der Waals surface area contributed by atoms with Crippen molar-refractivity contribution in [1.82, 2.24) is 14.9 Å². The number of hydrogen-bond acceptors (Lipinski definition) is 7. The Kier molecular flexibility index (Phi) is 6.37. The highest BCUT2D eigenvalue weighted by molar-refractivity contribution is 7.90. The Morgan fingerprint density at radius 3 is 2.56 bits per heavy atom. The van der Waals surface area contributed by atoms with Crippen LogP contribution in [-0.2, 0) is 14.6 Å². The number of amides is 1. The molecule has 10 heteroatoms. The van der Waals surface area contributed by atoms with E-state index in [0.717, 1.165) is 30.7 Å². The van der Waals surface area contributed by atoms with Gasteiger partial charge in [-0.2, -0.15) is 0 Å². The Hall–Kier alpha value is -3.01. The molecule has 0 bridgehead atoms. The second-order valence-electron chi connectivity index (χ2n) is 10.0. The number of nitrogens with one attached hydrogen (secondary N) is 1. The first-order chi connectivity index (χ1) is 15.9. The lowest BCUT2D eigenvalue weighted by molar-refractivity contribution is -0.134. The second-order valence-corrected chi connectivity index (χ2v) is 12.0. The lowest BCUT2D eigenvalue weighted by Crippen LogP contribution is -2.39. The van der Waals surface area contributed by atoms with Crippen molar-refractivity contribution in [3.63, 3.8) is 0 Å². The van der Waals surface area contributed by atoms with E-state index in [2.05, 4.69) is 36.1 Å². The van der Waals surface area contributed by atoms with Crippen LogP contribution < -0.4 is 5.32 Å². The van der Waals surface area contributed by atoms with Crippen LogP contribution in [0.5, 0.6) is 0 Å². The number of nitrogens with zero attached hydrogens (tertiary/aromatic N) is 3. The third kappa shape index (κ3) is 5.22. The topological polar surface area (TPSA) is 105 Å². The molecule has 1 aliphatic heterocycles. The Morgan fingerprint density at radius 1 is 1.24 bits per heavy atom. The predicted octanol–water partition coefficient (Wildman–Crippen LogP) is 4.65. The number of fused-ring (bicyclic) bond motifs is 1. The minimum absolute atomic E-state index is 0.0421. The zero-order chi connectivity index (χ0) is 24.7. The van der Waals surface area contributed by atoms with Crippen LogP contribution in [0, 0.1) is 11.2 Å². The van der Waals surface area contributed by atoms with Gasteiger partial charge in [0.15, 0.2) is 21.2 Å². The van der Waals surface area contributed by atoms with Gasteiger partial charge in [-0.15, -0.1) is 0 Å². The molecule has 182 valence electrons. The van der Waals surface area contributed by atoms with E-state index in [1.54, 1.807) is 6.26 Å². The molecule has 0 spiro atoms. The van der Waals surface area contributed by atoms with Crippen LogP contribution in [-0.4, -0.2) is 48.5 Å². The van der Waals surface area contributed by atoms with Crippen molar-refractivity contribution in [2.24, 2.45) is 5.41 Å². The molecule has 0 saturated carbocycles. The Morgan fingerprint density at radius 2 is 1.94 bits per heavy atom. The van der Waals surface area contributed by atoms with E-state index in [1.807, 2.05) is 4.90 Å². The minimum atomic E-state index is -3.51. The van der Waals surface area contributed by atoms with Gasteiger partial charge < -0.3 is 14.6 Å². The first-order valence-corrected chi connectivity index (χ1v) is 13.1. The summed E-state index contributed by atoms with van der Waals surface area (Å²) < 4.78 is 43.6. The first kappa shape index (κ1) is 24.1. The molecule has 1 aliphatic rings. The van der Waals surface area contributed by atoms with Crippen LogP contribution in [0.4, 0.5) is 15.9 Å². The highest BCUT2D eigenvalue weighted by Crippen LogP contribution is 2.36. The molecule has 1 N–H and O–H groups in total. The molecule has 0 atom stereocenters. The van der Waals surface area contributed by atoms with Gasteiger partial charge in [-0.3, -0.25) is 4.79 Å². The Balaban J connectivity index is 1.51. The predicted molar refractivity (Wildman–Crippen MR) is 127 cm³/mol.